The van der Waals surface area contributed by atoms with E-state index in [1.807, 2.05) is 13.0 Å². The first kappa shape index (κ1) is 17.8. The summed E-state index contributed by atoms with van der Waals surface area (Å²) in [6.07, 6.45) is 0.392. The number of rotatable bonds is 8. The molecule has 4 nitrogen and oxygen atoms in total. The third-order valence-electron chi connectivity index (χ3n) is 3.06. The Morgan fingerprint density at radius 3 is 2.67 bits per heavy atom. The molecule has 2 atom stereocenters. The Bertz CT molecular complexity index is 465. The van der Waals surface area contributed by atoms with Gasteiger partial charge in [-0.1, -0.05) is 18.5 Å². The van der Waals surface area contributed by atoms with Crippen LogP contribution in [0.15, 0.2) is 18.2 Å². The van der Waals surface area contributed by atoms with Crippen LogP contribution in [0.1, 0.15) is 45.7 Å². The van der Waals surface area contributed by atoms with Crippen molar-refractivity contribution in [2.24, 2.45) is 0 Å². The molecule has 0 spiro atoms. The zero-order chi connectivity index (χ0) is 15.8. The van der Waals surface area contributed by atoms with Gasteiger partial charge in [0.15, 0.2) is 6.10 Å². The highest BCUT2D eigenvalue weighted by molar-refractivity contribution is 6.30. The summed E-state index contributed by atoms with van der Waals surface area (Å²) in [5.74, 6) is 0.281. The number of hydrogen-bond donors (Lipinski definition) is 1. The van der Waals surface area contributed by atoms with Crippen LogP contribution in [0.2, 0.25) is 5.02 Å². The molecule has 1 rings (SSSR count). The molecule has 0 aliphatic carbocycles. The van der Waals surface area contributed by atoms with Crippen LogP contribution < -0.4 is 10.1 Å². The van der Waals surface area contributed by atoms with Crippen molar-refractivity contribution in [2.45, 2.75) is 46.3 Å². The number of ether oxygens (including phenoxy) is 2. The molecule has 1 N–H and O–H groups in total. The molecule has 0 saturated heterocycles. The molecule has 0 heterocycles. The smallest absolute Gasteiger partial charge is 0.347 e. The van der Waals surface area contributed by atoms with Crippen molar-refractivity contribution in [1.82, 2.24) is 5.32 Å². The van der Waals surface area contributed by atoms with E-state index in [1.54, 1.807) is 26.0 Å². The number of carbonyl (C=O) groups excluding carboxylic acids is 1. The van der Waals surface area contributed by atoms with E-state index in [0.717, 1.165) is 18.5 Å². The highest BCUT2D eigenvalue weighted by Gasteiger charge is 2.19. The van der Waals surface area contributed by atoms with E-state index in [1.165, 1.54) is 0 Å². The Hall–Kier alpha value is -1.26. The summed E-state index contributed by atoms with van der Waals surface area (Å²) < 4.78 is 10.7. The number of hydrogen-bond acceptors (Lipinski definition) is 4. The molecule has 21 heavy (non-hydrogen) atoms. The van der Waals surface area contributed by atoms with Gasteiger partial charge in [-0.2, -0.15) is 0 Å². The molecule has 118 valence electrons. The van der Waals surface area contributed by atoms with Gasteiger partial charge in [0.25, 0.3) is 0 Å². The number of carbonyl (C=O) groups is 1. The van der Waals surface area contributed by atoms with Crippen LogP contribution >= 0.6 is 11.6 Å². The lowest BCUT2D eigenvalue weighted by Crippen LogP contribution is -2.27. The molecule has 0 bridgehead atoms. The molecule has 1 aromatic rings. The van der Waals surface area contributed by atoms with Gasteiger partial charge in [0, 0.05) is 16.6 Å². The van der Waals surface area contributed by atoms with Crippen molar-refractivity contribution in [2.75, 3.05) is 13.2 Å². The molecular weight excluding hydrogens is 290 g/mol. The van der Waals surface area contributed by atoms with Crippen LogP contribution in [-0.4, -0.2) is 25.2 Å². The van der Waals surface area contributed by atoms with Crippen LogP contribution in [0.5, 0.6) is 5.75 Å². The second-order valence-electron chi connectivity index (χ2n) is 4.87. The Kier molecular flexibility index (Phi) is 7.54. The summed E-state index contributed by atoms with van der Waals surface area (Å²) in [5.41, 5.74) is 0.937. The van der Waals surface area contributed by atoms with E-state index in [4.69, 9.17) is 21.1 Å². The standard InChI is InChI=1S/C16H24ClNO3/c1-5-9-18-11(3)14-10-13(17)7-8-15(14)21-12(4)16(19)20-6-2/h7-8,10-12,18H,5-6,9H2,1-4H3. The van der Waals surface area contributed by atoms with E-state index in [-0.39, 0.29) is 12.0 Å². The molecule has 0 fully saturated rings. The first-order valence-corrected chi connectivity index (χ1v) is 7.73. The molecule has 0 aliphatic heterocycles. The molecule has 0 aromatic heterocycles. The second kappa shape index (κ2) is 8.90. The summed E-state index contributed by atoms with van der Waals surface area (Å²) in [6.45, 7) is 8.85. The predicted octanol–water partition coefficient (Wildman–Crippen LogP) is 3.73. The summed E-state index contributed by atoms with van der Waals surface area (Å²) >= 11 is 6.07. The van der Waals surface area contributed by atoms with E-state index in [0.29, 0.717) is 17.4 Å². The fraction of sp³-hybridized carbons (Fsp3) is 0.562. The van der Waals surface area contributed by atoms with Gasteiger partial charge in [-0.25, -0.2) is 4.79 Å². The molecule has 2 unspecified atom stereocenters. The van der Waals surface area contributed by atoms with E-state index < -0.39 is 6.10 Å². The zero-order valence-corrected chi connectivity index (χ0v) is 13.9. The SMILES string of the molecule is CCCNC(C)c1cc(Cl)ccc1OC(C)C(=O)OCC. The van der Waals surface area contributed by atoms with Gasteiger partial charge in [-0.3, -0.25) is 0 Å². The Morgan fingerprint density at radius 2 is 2.05 bits per heavy atom. The van der Waals surface area contributed by atoms with Crippen LogP contribution in [0.4, 0.5) is 0 Å². The highest BCUT2D eigenvalue weighted by Crippen LogP contribution is 2.29. The fourth-order valence-corrected chi connectivity index (χ4v) is 2.11. The number of esters is 1. The van der Waals surface area contributed by atoms with Crippen LogP contribution in [0.3, 0.4) is 0 Å². The third-order valence-corrected chi connectivity index (χ3v) is 3.30. The lowest BCUT2D eigenvalue weighted by atomic mass is 10.1. The number of benzene rings is 1. The summed E-state index contributed by atoms with van der Waals surface area (Å²) in [6, 6.07) is 5.50. The van der Waals surface area contributed by atoms with E-state index in [9.17, 15) is 4.79 Å². The molecular formula is C16H24ClNO3. The number of halogens is 1. The van der Waals surface area contributed by atoms with Crippen molar-refractivity contribution in [3.63, 3.8) is 0 Å². The second-order valence-corrected chi connectivity index (χ2v) is 5.31. The first-order chi connectivity index (χ1) is 9.99. The van der Waals surface area contributed by atoms with Crippen LogP contribution in [-0.2, 0) is 9.53 Å². The average molecular weight is 314 g/mol. The molecule has 0 saturated carbocycles. The van der Waals surface area contributed by atoms with Crippen molar-refractivity contribution >= 4 is 17.6 Å². The zero-order valence-electron chi connectivity index (χ0n) is 13.1. The summed E-state index contributed by atoms with van der Waals surface area (Å²) in [5, 5.41) is 4.03. The topological polar surface area (TPSA) is 47.6 Å². The molecule has 0 aliphatic rings. The van der Waals surface area contributed by atoms with Crippen molar-refractivity contribution in [1.29, 1.82) is 0 Å². The minimum atomic E-state index is -0.650. The van der Waals surface area contributed by atoms with Gasteiger partial charge >= 0.3 is 5.97 Å². The Balaban J connectivity index is 2.88. The minimum absolute atomic E-state index is 0.0908. The van der Waals surface area contributed by atoms with Gasteiger partial charge in [-0.15, -0.1) is 0 Å². The lowest BCUT2D eigenvalue weighted by molar-refractivity contribution is -0.150. The third kappa shape index (κ3) is 5.56. The van der Waals surface area contributed by atoms with Gasteiger partial charge in [0.2, 0.25) is 0 Å². The summed E-state index contributed by atoms with van der Waals surface area (Å²) in [7, 11) is 0. The van der Waals surface area contributed by atoms with Crippen LogP contribution in [0.25, 0.3) is 0 Å². The minimum Gasteiger partial charge on any atom is -0.479 e. The quantitative estimate of drug-likeness (QED) is 0.743. The van der Waals surface area contributed by atoms with Crippen molar-refractivity contribution in [3.05, 3.63) is 28.8 Å². The maximum absolute atomic E-state index is 11.7. The van der Waals surface area contributed by atoms with E-state index in [2.05, 4.69) is 12.2 Å². The number of nitrogens with one attached hydrogen (secondary N) is 1. The monoisotopic (exact) mass is 313 g/mol. The average Bonchev–Trinajstić information content (AvgIpc) is 2.46. The maximum Gasteiger partial charge on any atom is 0.347 e. The normalized spacial score (nSPS) is 13.6. The summed E-state index contributed by atoms with van der Waals surface area (Å²) in [4.78, 5) is 11.7. The molecule has 5 heteroatoms. The molecule has 0 amide bonds. The van der Waals surface area contributed by atoms with E-state index >= 15 is 0 Å². The Morgan fingerprint density at radius 1 is 1.33 bits per heavy atom. The van der Waals surface area contributed by atoms with Gasteiger partial charge in [0.1, 0.15) is 5.75 Å². The largest absolute Gasteiger partial charge is 0.479 e. The molecule has 1 aromatic carbocycles. The van der Waals surface area contributed by atoms with Crippen molar-refractivity contribution < 1.29 is 14.3 Å². The van der Waals surface area contributed by atoms with Crippen molar-refractivity contribution in [3.8, 4) is 5.75 Å². The first-order valence-electron chi connectivity index (χ1n) is 7.35. The maximum atomic E-state index is 11.7. The Labute approximate surface area is 131 Å². The fourth-order valence-electron chi connectivity index (χ4n) is 1.93. The highest BCUT2D eigenvalue weighted by atomic mass is 35.5. The van der Waals surface area contributed by atoms with Crippen LogP contribution in [0, 0.1) is 0 Å². The predicted molar refractivity (Wildman–Crippen MR) is 84.9 cm³/mol. The van der Waals surface area contributed by atoms with Gasteiger partial charge in [-0.05, 0) is 51.9 Å². The van der Waals surface area contributed by atoms with Gasteiger partial charge < -0.3 is 14.8 Å². The lowest BCUT2D eigenvalue weighted by Gasteiger charge is -2.21. The molecule has 0 radical (unpaired) electrons. The van der Waals surface area contributed by atoms with Gasteiger partial charge in [0.05, 0.1) is 6.61 Å².